The van der Waals surface area contributed by atoms with E-state index in [1.54, 1.807) is 12.1 Å². The van der Waals surface area contributed by atoms with Gasteiger partial charge in [-0.3, -0.25) is 9.59 Å². The SMILES string of the molecule is COc1cc(C(=O)N[C@H]2Cc3ccccc3NC2=O)cc(OC)c1OC. The Kier molecular flexibility index (Phi) is 4.97. The number of hydrogen-bond acceptors (Lipinski definition) is 5. The molecule has 2 N–H and O–H groups in total. The molecule has 7 heteroatoms. The van der Waals surface area contributed by atoms with E-state index in [0.717, 1.165) is 11.3 Å². The summed E-state index contributed by atoms with van der Waals surface area (Å²) in [7, 11) is 4.44. The lowest BCUT2D eigenvalue weighted by atomic mass is 9.98. The van der Waals surface area contributed by atoms with Crippen molar-refractivity contribution in [2.45, 2.75) is 12.5 Å². The van der Waals surface area contributed by atoms with Crippen LogP contribution < -0.4 is 24.8 Å². The number of anilines is 1. The third-order valence-electron chi connectivity index (χ3n) is 4.25. The smallest absolute Gasteiger partial charge is 0.252 e. The van der Waals surface area contributed by atoms with Crippen molar-refractivity contribution in [2.75, 3.05) is 26.6 Å². The Balaban J connectivity index is 1.83. The predicted molar refractivity (Wildman–Crippen MR) is 96.1 cm³/mol. The van der Waals surface area contributed by atoms with Crippen molar-refractivity contribution < 1.29 is 23.8 Å². The Labute approximate surface area is 151 Å². The predicted octanol–water partition coefficient (Wildman–Crippen LogP) is 2.01. The summed E-state index contributed by atoms with van der Waals surface area (Å²) < 4.78 is 15.8. The molecule has 0 aromatic heterocycles. The second-order valence-corrected chi connectivity index (χ2v) is 5.79. The Bertz CT molecular complexity index is 825. The fourth-order valence-corrected chi connectivity index (χ4v) is 2.92. The molecule has 0 spiro atoms. The molecular formula is C19H20N2O5. The molecule has 0 radical (unpaired) electrons. The largest absolute Gasteiger partial charge is 0.493 e. The summed E-state index contributed by atoms with van der Waals surface area (Å²) in [4.78, 5) is 24.9. The van der Waals surface area contributed by atoms with Crippen LogP contribution in [-0.4, -0.2) is 39.2 Å². The number of ether oxygens (including phenoxy) is 3. The van der Waals surface area contributed by atoms with Crippen molar-refractivity contribution >= 4 is 17.5 Å². The molecule has 0 aliphatic carbocycles. The number of methoxy groups -OCH3 is 3. The number of benzene rings is 2. The zero-order valence-electron chi connectivity index (χ0n) is 14.8. The van der Waals surface area contributed by atoms with Gasteiger partial charge in [-0.15, -0.1) is 0 Å². The second kappa shape index (κ2) is 7.35. The molecule has 0 bridgehead atoms. The van der Waals surface area contributed by atoms with Gasteiger partial charge in [0.25, 0.3) is 5.91 Å². The number of fused-ring (bicyclic) bond motifs is 1. The van der Waals surface area contributed by atoms with Gasteiger partial charge in [0.05, 0.1) is 21.3 Å². The first-order valence-electron chi connectivity index (χ1n) is 8.07. The molecule has 1 aliphatic heterocycles. The Morgan fingerprint density at radius 3 is 2.35 bits per heavy atom. The Hall–Kier alpha value is -3.22. The molecule has 2 aromatic rings. The third-order valence-corrected chi connectivity index (χ3v) is 4.25. The fraction of sp³-hybridized carbons (Fsp3) is 0.263. The van der Waals surface area contributed by atoms with Gasteiger partial charge < -0.3 is 24.8 Å². The third kappa shape index (κ3) is 3.28. The van der Waals surface area contributed by atoms with Crippen molar-refractivity contribution in [3.8, 4) is 17.2 Å². The topological polar surface area (TPSA) is 85.9 Å². The minimum absolute atomic E-state index is 0.246. The van der Waals surface area contributed by atoms with E-state index >= 15 is 0 Å². The van der Waals surface area contributed by atoms with Crippen LogP contribution >= 0.6 is 0 Å². The van der Waals surface area contributed by atoms with Crippen LogP contribution in [-0.2, 0) is 11.2 Å². The van der Waals surface area contributed by atoms with Gasteiger partial charge in [-0.2, -0.15) is 0 Å². The number of para-hydroxylation sites is 1. The van der Waals surface area contributed by atoms with Gasteiger partial charge in [0, 0.05) is 17.7 Å². The van der Waals surface area contributed by atoms with Gasteiger partial charge in [-0.05, 0) is 23.8 Å². The zero-order chi connectivity index (χ0) is 18.7. The average molecular weight is 356 g/mol. The molecule has 0 saturated carbocycles. The van der Waals surface area contributed by atoms with E-state index in [1.165, 1.54) is 21.3 Å². The standard InChI is InChI=1S/C19H20N2O5/c1-24-15-9-12(10-16(25-2)17(15)26-3)18(22)21-14-8-11-6-4-5-7-13(11)20-19(14)23/h4-7,9-10,14H,8H2,1-3H3,(H,20,23)(H,21,22)/t14-/m0/s1. The van der Waals surface area contributed by atoms with E-state index in [4.69, 9.17) is 14.2 Å². The first-order chi connectivity index (χ1) is 12.6. The van der Waals surface area contributed by atoms with Crippen LogP contribution in [0.4, 0.5) is 5.69 Å². The minimum atomic E-state index is -0.656. The van der Waals surface area contributed by atoms with Crippen molar-refractivity contribution in [3.05, 3.63) is 47.5 Å². The van der Waals surface area contributed by atoms with E-state index in [1.807, 2.05) is 24.3 Å². The van der Waals surface area contributed by atoms with Crippen molar-refractivity contribution in [1.82, 2.24) is 5.32 Å². The first-order valence-corrected chi connectivity index (χ1v) is 8.07. The summed E-state index contributed by atoms with van der Waals surface area (Å²) in [6, 6.07) is 9.95. The Morgan fingerprint density at radius 2 is 1.73 bits per heavy atom. The van der Waals surface area contributed by atoms with Crippen LogP contribution in [0.1, 0.15) is 15.9 Å². The van der Waals surface area contributed by atoms with Gasteiger partial charge >= 0.3 is 0 Å². The van der Waals surface area contributed by atoms with Gasteiger partial charge in [-0.25, -0.2) is 0 Å². The minimum Gasteiger partial charge on any atom is -0.493 e. The number of nitrogens with one attached hydrogen (secondary N) is 2. The lowest BCUT2D eigenvalue weighted by Gasteiger charge is -2.25. The maximum Gasteiger partial charge on any atom is 0.252 e. The Morgan fingerprint density at radius 1 is 1.08 bits per heavy atom. The molecule has 1 heterocycles. The van der Waals surface area contributed by atoms with Crippen molar-refractivity contribution in [2.24, 2.45) is 0 Å². The number of hydrogen-bond donors (Lipinski definition) is 2. The molecule has 1 atom stereocenters. The molecule has 0 fully saturated rings. The van der Waals surface area contributed by atoms with Crippen LogP contribution in [0.2, 0.25) is 0 Å². The fourth-order valence-electron chi connectivity index (χ4n) is 2.92. The number of carbonyl (C=O) groups excluding carboxylic acids is 2. The maximum atomic E-state index is 12.7. The van der Waals surface area contributed by atoms with E-state index < -0.39 is 11.9 Å². The highest BCUT2D eigenvalue weighted by Crippen LogP contribution is 2.38. The van der Waals surface area contributed by atoms with E-state index in [0.29, 0.717) is 29.2 Å². The molecule has 1 aliphatic rings. The van der Waals surface area contributed by atoms with Crippen LogP contribution in [0.3, 0.4) is 0 Å². The quantitative estimate of drug-likeness (QED) is 0.856. The normalized spacial score (nSPS) is 15.5. The molecule has 2 aromatic carbocycles. The highest BCUT2D eigenvalue weighted by Gasteiger charge is 2.28. The summed E-state index contributed by atoms with van der Waals surface area (Å²) in [5, 5.41) is 5.57. The lowest BCUT2D eigenvalue weighted by Crippen LogP contribution is -2.47. The van der Waals surface area contributed by atoms with Gasteiger partial charge in [0.1, 0.15) is 6.04 Å². The van der Waals surface area contributed by atoms with E-state index in [2.05, 4.69) is 10.6 Å². The highest BCUT2D eigenvalue weighted by atomic mass is 16.5. The molecule has 0 saturated heterocycles. The second-order valence-electron chi connectivity index (χ2n) is 5.79. The lowest BCUT2D eigenvalue weighted by molar-refractivity contribution is -0.118. The molecule has 136 valence electrons. The van der Waals surface area contributed by atoms with Gasteiger partial charge in [0.15, 0.2) is 11.5 Å². The average Bonchev–Trinajstić information content (AvgIpc) is 2.67. The summed E-state index contributed by atoms with van der Waals surface area (Å²) in [5.74, 6) is 0.495. The number of carbonyl (C=O) groups is 2. The zero-order valence-corrected chi connectivity index (χ0v) is 14.8. The van der Waals surface area contributed by atoms with Gasteiger partial charge in [0.2, 0.25) is 11.7 Å². The van der Waals surface area contributed by atoms with Crippen molar-refractivity contribution in [3.63, 3.8) is 0 Å². The van der Waals surface area contributed by atoms with Crippen LogP contribution in [0.15, 0.2) is 36.4 Å². The van der Waals surface area contributed by atoms with Crippen LogP contribution in [0.25, 0.3) is 0 Å². The van der Waals surface area contributed by atoms with Gasteiger partial charge in [-0.1, -0.05) is 18.2 Å². The number of rotatable bonds is 5. The summed E-state index contributed by atoms with van der Waals surface area (Å²) in [6.45, 7) is 0. The van der Waals surface area contributed by atoms with Crippen LogP contribution in [0.5, 0.6) is 17.2 Å². The molecule has 0 unspecified atom stereocenters. The summed E-state index contributed by atoms with van der Waals surface area (Å²) >= 11 is 0. The van der Waals surface area contributed by atoms with Crippen LogP contribution in [0, 0.1) is 0 Å². The molecular weight excluding hydrogens is 336 g/mol. The molecule has 7 nitrogen and oxygen atoms in total. The van der Waals surface area contributed by atoms with E-state index in [-0.39, 0.29) is 5.91 Å². The molecule has 3 rings (SSSR count). The monoisotopic (exact) mass is 356 g/mol. The summed E-state index contributed by atoms with van der Waals surface area (Å²) in [6.07, 6.45) is 0.429. The maximum absolute atomic E-state index is 12.7. The van der Waals surface area contributed by atoms with E-state index in [9.17, 15) is 9.59 Å². The molecule has 2 amide bonds. The highest BCUT2D eigenvalue weighted by molar-refractivity contribution is 6.03. The van der Waals surface area contributed by atoms with Crippen molar-refractivity contribution in [1.29, 1.82) is 0 Å². The number of amides is 2. The molecule has 26 heavy (non-hydrogen) atoms. The summed E-state index contributed by atoms with van der Waals surface area (Å²) in [5.41, 5.74) is 2.06. The first kappa shape index (κ1) is 17.6.